The quantitative estimate of drug-likeness (QED) is 0.910. The monoisotopic (exact) mass is 287 g/mol. The van der Waals surface area contributed by atoms with Crippen LogP contribution in [0.4, 0.5) is 0 Å². The molecule has 1 unspecified atom stereocenters. The van der Waals surface area contributed by atoms with Crippen molar-refractivity contribution in [2.45, 2.75) is 31.7 Å². The number of hydrogen-bond donors (Lipinski definition) is 1. The summed E-state index contributed by atoms with van der Waals surface area (Å²) < 4.78 is 0. The Hall–Kier alpha value is -1.07. The summed E-state index contributed by atoms with van der Waals surface area (Å²) in [5.74, 6) is -1.23. The van der Waals surface area contributed by atoms with Crippen molar-refractivity contribution in [2.24, 2.45) is 0 Å². The fourth-order valence-electron chi connectivity index (χ4n) is 2.24. The highest BCUT2D eigenvalue weighted by molar-refractivity contribution is 7.12. The SMILES string of the molecule is CC1(C(=O)O)CCCCN1C(=O)c1sccc1Cl. The molecule has 0 aliphatic carbocycles. The summed E-state index contributed by atoms with van der Waals surface area (Å²) in [5.41, 5.74) is -1.12. The molecule has 0 bridgehead atoms. The van der Waals surface area contributed by atoms with E-state index in [2.05, 4.69) is 0 Å². The number of hydrogen-bond acceptors (Lipinski definition) is 3. The van der Waals surface area contributed by atoms with Gasteiger partial charge in [0.1, 0.15) is 10.4 Å². The van der Waals surface area contributed by atoms with Crippen LogP contribution in [0, 0.1) is 0 Å². The van der Waals surface area contributed by atoms with Crippen molar-refractivity contribution < 1.29 is 14.7 Å². The van der Waals surface area contributed by atoms with E-state index in [1.807, 2.05) is 0 Å². The lowest BCUT2D eigenvalue weighted by molar-refractivity contribution is -0.150. The highest BCUT2D eigenvalue weighted by Crippen LogP contribution is 2.32. The number of rotatable bonds is 2. The predicted molar refractivity (Wildman–Crippen MR) is 70.3 cm³/mol. The summed E-state index contributed by atoms with van der Waals surface area (Å²) in [6, 6.07) is 1.65. The van der Waals surface area contributed by atoms with Crippen molar-refractivity contribution >= 4 is 34.8 Å². The molecule has 1 amide bonds. The molecule has 6 heteroatoms. The Morgan fingerprint density at radius 3 is 2.78 bits per heavy atom. The van der Waals surface area contributed by atoms with Gasteiger partial charge >= 0.3 is 5.97 Å². The Morgan fingerprint density at radius 1 is 1.50 bits per heavy atom. The largest absolute Gasteiger partial charge is 0.480 e. The molecular formula is C12H14ClNO3S. The second-order valence-electron chi connectivity index (χ2n) is 4.59. The minimum absolute atomic E-state index is 0.278. The van der Waals surface area contributed by atoms with Crippen LogP contribution in [0.25, 0.3) is 0 Å². The highest BCUT2D eigenvalue weighted by Gasteiger charge is 2.44. The number of likely N-dealkylation sites (tertiary alicyclic amines) is 1. The van der Waals surface area contributed by atoms with Crippen LogP contribution in [0.3, 0.4) is 0 Å². The second-order valence-corrected chi connectivity index (χ2v) is 5.91. The van der Waals surface area contributed by atoms with Gasteiger partial charge in [0.2, 0.25) is 0 Å². The summed E-state index contributed by atoms with van der Waals surface area (Å²) in [7, 11) is 0. The van der Waals surface area contributed by atoms with Crippen molar-refractivity contribution in [3.63, 3.8) is 0 Å². The molecule has 0 radical (unpaired) electrons. The number of carbonyl (C=O) groups is 2. The first kappa shape index (κ1) is 13.4. The second kappa shape index (κ2) is 4.90. The van der Waals surface area contributed by atoms with Crippen LogP contribution in [0.2, 0.25) is 5.02 Å². The maximum atomic E-state index is 12.4. The maximum absolute atomic E-state index is 12.4. The van der Waals surface area contributed by atoms with Crippen LogP contribution in [0.5, 0.6) is 0 Å². The minimum Gasteiger partial charge on any atom is -0.480 e. The van der Waals surface area contributed by atoms with Crippen LogP contribution >= 0.6 is 22.9 Å². The topological polar surface area (TPSA) is 57.6 Å². The van der Waals surface area contributed by atoms with E-state index in [1.54, 1.807) is 18.4 Å². The molecule has 98 valence electrons. The molecule has 0 aromatic carbocycles. The number of piperidine rings is 1. The first-order chi connectivity index (χ1) is 8.47. The lowest BCUT2D eigenvalue weighted by Crippen LogP contribution is -2.57. The maximum Gasteiger partial charge on any atom is 0.329 e. The first-order valence-electron chi connectivity index (χ1n) is 5.75. The molecule has 0 saturated carbocycles. The van der Waals surface area contributed by atoms with E-state index in [1.165, 1.54) is 16.2 Å². The molecule has 1 saturated heterocycles. The normalized spacial score (nSPS) is 24.0. The number of carbonyl (C=O) groups excluding carboxylic acids is 1. The third kappa shape index (κ3) is 2.12. The minimum atomic E-state index is -1.12. The van der Waals surface area contributed by atoms with E-state index < -0.39 is 11.5 Å². The zero-order valence-electron chi connectivity index (χ0n) is 9.98. The lowest BCUT2D eigenvalue weighted by atomic mass is 9.88. The number of nitrogens with zero attached hydrogens (tertiary/aromatic N) is 1. The van der Waals surface area contributed by atoms with Crippen molar-refractivity contribution in [3.05, 3.63) is 21.3 Å². The Morgan fingerprint density at radius 2 is 2.22 bits per heavy atom. The van der Waals surface area contributed by atoms with Gasteiger partial charge in [0.25, 0.3) is 5.91 Å². The molecule has 2 heterocycles. The van der Waals surface area contributed by atoms with Crippen molar-refractivity contribution in [3.8, 4) is 0 Å². The van der Waals surface area contributed by atoms with Crippen molar-refractivity contribution in [1.82, 2.24) is 4.90 Å². The van der Waals surface area contributed by atoms with Gasteiger partial charge in [-0.1, -0.05) is 11.6 Å². The third-order valence-corrected chi connectivity index (χ3v) is 4.74. The van der Waals surface area contributed by atoms with Crippen LogP contribution in [-0.2, 0) is 4.79 Å². The zero-order valence-corrected chi connectivity index (χ0v) is 11.6. The third-order valence-electron chi connectivity index (χ3n) is 3.41. The van der Waals surface area contributed by atoms with Crippen LogP contribution in [0.15, 0.2) is 11.4 Å². The molecule has 1 fully saturated rings. The number of carboxylic acid groups (broad SMARTS) is 1. The van der Waals surface area contributed by atoms with Gasteiger partial charge in [0.05, 0.1) is 5.02 Å². The van der Waals surface area contributed by atoms with Gasteiger partial charge in [-0.25, -0.2) is 4.79 Å². The molecule has 0 spiro atoms. The molecule has 1 aromatic heterocycles. The van der Waals surface area contributed by atoms with Gasteiger partial charge in [-0.15, -0.1) is 11.3 Å². The van der Waals surface area contributed by atoms with Gasteiger partial charge < -0.3 is 10.0 Å². The number of thiophene rings is 1. The van der Waals surface area contributed by atoms with Gasteiger partial charge in [0, 0.05) is 6.54 Å². The number of aliphatic carboxylic acids is 1. The molecule has 1 aliphatic rings. The Kier molecular flexibility index (Phi) is 3.64. The van der Waals surface area contributed by atoms with E-state index >= 15 is 0 Å². The molecular weight excluding hydrogens is 274 g/mol. The highest BCUT2D eigenvalue weighted by atomic mass is 35.5. The molecule has 2 rings (SSSR count). The Bertz CT molecular complexity index is 487. The summed E-state index contributed by atoms with van der Waals surface area (Å²) >= 11 is 7.19. The Balaban J connectivity index is 2.33. The van der Waals surface area contributed by atoms with E-state index in [-0.39, 0.29) is 5.91 Å². The van der Waals surface area contributed by atoms with Gasteiger partial charge in [0.15, 0.2) is 0 Å². The number of amides is 1. The summed E-state index contributed by atoms with van der Waals surface area (Å²) in [4.78, 5) is 25.7. The fraction of sp³-hybridized carbons (Fsp3) is 0.500. The molecule has 18 heavy (non-hydrogen) atoms. The van der Waals surface area contributed by atoms with Gasteiger partial charge in [-0.3, -0.25) is 4.79 Å². The first-order valence-corrected chi connectivity index (χ1v) is 7.01. The molecule has 1 N–H and O–H groups in total. The van der Waals surface area contributed by atoms with E-state index in [4.69, 9.17) is 11.6 Å². The van der Waals surface area contributed by atoms with E-state index in [0.29, 0.717) is 22.9 Å². The fourth-order valence-corrected chi connectivity index (χ4v) is 3.32. The van der Waals surface area contributed by atoms with E-state index in [9.17, 15) is 14.7 Å². The average molecular weight is 288 g/mol. The standard InChI is InChI=1S/C12H14ClNO3S/c1-12(11(16)17)5-2-3-6-14(12)10(15)9-8(13)4-7-18-9/h4,7H,2-3,5-6H2,1H3,(H,16,17). The molecule has 4 nitrogen and oxygen atoms in total. The summed E-state index contributed by atoms with van der Waals surface area (Å²) in [5, 5.41) is 11.5. The van der Waals surface area contributed by atoms with E-state index in [0.717, 1.165) is 12.8 Å². The van der Waals surface area contributed by atoms with Crippen LogP contribution in [0.1, 0.15) is 35.9 Å². The number of halogens is 1. The van der Waals surface area contributed by atoms with Gasteiger partial charge in [-0.2, -0.15) is 0 Å². The predicted octanol–water partition coefficient (Wildman–Crippen LogP) is 2.87. The smallest absolute Gasteiger partial charge is 0.329 e. The molecule has 1 atom stereocenters. The van der Waals surface area contributed by atoms with Gasteiger partial charge in [-0.05, 0) is 37.6 Å². The van der Waals surface area contributed by atoms with Crippen molar-refractivity contribution in [2.75, 3.05) is 6.54 Å². The van der Waals surface area contributed by atoms with Crippen molar-refractivity contribution in [1.29, 1.82) is 0 Å². The summed E-state index contributed by atoms with van der Waals surface area (Å²) in [6.07, 6.45) is 2.14. The zero-order chi connectivity index (χ0) is 13.3. The Labute approximate surface area is 114 Å². The lowest BCUT2D eigenvalue weighted by Gasteiger charge is -2.41. The average Bonchev–Trinajstić information content (AvgIpc) is 2.75. The summed E-state index contributed by atoms with van der Waals surface area (Å²) in [6.45, 7) is 2.07. The van der Waals surface area contributed by atoms with Crippen LogP contribution < -0.4 is 0 Å². The molecule has 1 aliphatic heterocycles. The molecule has 1 aromatic rings. The van der Waals surface area contributed by atoms with Crippen LogP contribution in [-0.4, -0.2) is 34.0 Å². The number of carboxylic acids is 1.